The molecule has 96 valence electrons. The molecule has 1 atom stereocenters. The molecule has 3 rings (SSSR count). The highest BCUT2D eigenvalue weighted by molar-refractivity contribution is 6.04. The van der Waals surface area contributed by atoms with Crippen molar-refractivity contribution < 1.29 is 9.53 Å². The van der Waals surface area contributed by atoms with Crippen LogP contribution in [0.3, 0.4) is 0 Å². The molecule has 1 aliphatic rings. The third-order valence-corrected chi connectivity index (χ3v) is 3.46. The van der Waals surface area contributed by atoms with Crippen molar-refractivity contribution in [1.82, 2.24) is 0 Å². The quantitative estimate of drug-likeness (QED) is 0.855. The average Bonchev–Trinajstić information content (AvgIpc) is 2.90. The molecule has 0 fully saturated rings. The van der Waals surface area contributed by atoms with Crippen LogP contribution < -0.4 is 10.1 Å². The number of hydrogen-bond donors (Lipinski definition) is 1. The Balaban J connectivity index is 1.87. The van der Waals surface area contributed by atoms with Gasteiger partial charge in [-0.1, -0.05) is 30.3 Å². The molecule has 1 heterocycles. The molecule has 0 aromatic heterocycles. The number of ether oxygens (including phenoxy) is 1. The Labute approximate surface area is 112 Å². The van der Waals surface area contributed by atoms with E-state index in [1.807, 2.05) is 42.5 Å². The van der Waals surface area contributed by atoms with Crippen molar-refractivity contribution in [2.24, 2.45) is 0 Å². The number of benzene rings is 2. The zero-order valence-corrected chi connectivity index (χ0v) is 10.7. The highest BCUT2D eigenvalue weighted by Gasteiger charge is 2.28. The standard InChI is InChI=1S/C16H15NO2/c1-19-15-9-5-3-7-12(15)16(18)14-10-11-6-2-4-8-13(11)17-14/h2-9,14,17H,10H2,1H3. The minimum atomic E-state index is -0.200. The monoisotopic (exact) mass is 253 g/mol. The van der Waals surface area contributed by atoms with E-state index in [0.29, 0.717) is 11.3 Å². The summed E-state index contributed by atoms with van der Waals surface area (Å²) in [6, 6.07) is 15.2. The Morgan fingerprint density at radius 2 is 1.89 bits per heavy atom. The van der Waals surface area contributed by atoms with Crippen LogP contribution in [-0.2, 0) is 6.42 Å². The van der Waals surface area contributed by atoms with E-state index in [9.17, 15) is 4.79 Å². The van der Waals surface area contributed by atoms with Crippen LogP contribution in [0.25, 0.3) is 0 Å². The van der Waals surface area contributed by atoms with Crippen LogP contribution in [0.1, 0.15) is 15.9 Å². The van der Waals surface area contributed by atoms with E-state index in [0.717, 1.165) is 12.1 Å². The molecule has 1 N–H and O–H groups in total. The first kappa shape index (κ1) is 11.8. The SMILES string of the molecule is COc1ccccc1C(=O)C1Cc2ccccc2N1. The second-order valence-corrected chi connectivity index (χ2v) is 4.62. The number of anilines is 1. The fraction of sp³-hybridized carbons (Fsp3) is 0.188. The van der Waals surface area contributed by atoms with Crippen LogP contribution in [0, 0.1) is 0 Å². The van der Waals surface area contributed by atoms with Gasteiger partial charge in [-0.25, -0.2) is 0 Å². The van der Waals surface area contributed by atoms with Crippen molar-refractivity contribution in [3.63, 3.8) is 0 Å². The lowest BCUT2D eigenvalue weighted by atomic mass is 10.0. The lowest BCUT2D eigenvalue weighted by Crippen LogP contribution is -2.27. The van der Waals surface area contributed by atoms with Gasteiger partial charge in [0.1, 0.15) is 5.75 Å². The Morgan fingerprint density at radius 1 is 1.16 bits per heavy atom. The van der Waals surface area contributed by atoms with Crippen molar-refractivity contribution >= 4 is 11.5 Å². The Bertz CT molecular complexity index is 597. The number of nitrogens with one attached hydrogen (secondary N) is 1. The lowest BCUT2D eigenvalue weighted by molar-refractivity contribution is 0.0968. The molecule has 3 nitrogen and oxygen atoms in total. The van der Waals surface area contributed by atoms with Gasteiger partial charge in [0.15, 0.2) is 5.78 Å². The maximum Gasteiger partial charge on any atom is 0.189 e. The summed E-state index contributed by atoms with van der Waals surface area (Å²) in [5.74, 6) is 0.707. The van der Waals surface area contributed by atoms with E-state index in [2.05, 4.69) is 11.4 Å². The first-order valence-corrected chi connectivity index (χ1v) is 6.31. The summed E-state index contributed by atoms with van der Waals surface area (Å²) >= 11 is 0. The van der Waals surface area contributed by atoms with Gasteiger partial charge in [0.2, 0.25) is 0 Å². The van der Waals surface area contributed by atoms with Crippen LogP contribution in [0.2, 0.25) is 0 Å². The molecular formula is C16H15NO2. The molecule has 19 heavy (non-hydrogen) atoms. The van der Waals surface area contributed by atoms with E-state index in [-0.39, 0.29) is 11.8 Å². The smallest absolute Gasteiger partial charge is 0.189 e. The van der Waals surface area contributed by atoms with Gasteiger partial charge in [0.05, 0.1) is 18.7 Å². The number of carbonyl (C=O) groups excluding carboxylic acids is 1. The largest absolute Gasteiger partial charge is 0.496 e. The van der Waals surface area contributed by atoms with E-state index in [1.54, 1.807) is 7.11 Å². The number of para-hydroxylation sites is 2. The number of Topliss-reactive ketones (excluding diaryl/α,β-unsaturated/α-hetero) is 1. The minimum absolute atomic E-state index is 0.0775. The summed E-state index contributed by atoms with van der Waals surface area (Å²) in [5, 5.41) is 3.28. The van der Waals surface area contributed by atoms with Gasteiger partial charge >= 0.3 is 0 Å². The summed E-state index contributed by atoms with van der Waals surface area (Å²) in [7, 11) is 1.59. The van der Waals surface area contributed by atoms with Gasteiger partial charge in [-0.15, -0.1) is 0 Å². The van der Waals surface area contributed by atoms with Crippen LogP contribution >= 0.6 is 0 Å². The van der Waals surface area contributed by atoms with Crippen molar-refractivity contribution in [3.05, 3.63) is 59.7 Å². The van der Waals surface area contributed by atoms with Crippen LogP contribution in [0.4, 0.5) is 5.69 Å². The highest BCUT2D eigenvalue weighted by Crippen LogP contribution is 2.28. The molecule has 0 amide bonds. The lowest BCUT2D eigenvalue weighted by Gasteiger charge is -2.12. The highest BCUT2D eigenvalue weighted by atomic mass is 16.5. The van der Waals surface area contributed by atoms with E-state index in [1.165, 1.54) is 5.56 Å². The molecule has 2 aromatic carbocycles. The van der Waals surface area contributed by atoms with Crippen molar-refractivity contribution in [1.29, 1.82) is 0 Å². The summed E-state index contributed by atoms with van der Waals surface area (Å²) in [6.45, 7) is 0. The summed E-state index contributed by atoms with van der Waals surface area (Å²) < 4.78 is 5.25. The molecule has 2 aromatic rings. The average molecular weight is 253 g/mol. The van der Waals surface area contributed by atoms with Gasteiger partial charge in [0.25, 0.3) is 0 Å². The van der Waals surface area contributed by atoms with Gasteiger partial charge < -0.3 is 10.1 Å². The number of rotatable bonds is 3. The first-order valence-electron chi connectivity index (χ1n) is 6.31. The molecule has 0 saturated heterocycles. The molecule has 0 bridgehead atoms. The normalized spacial score (nSPS) is 16.6. The van der Waals surface area contributed by atoms with Gasteiger partial charge in [-0.2, -0.15) is 0 Å². The minimum Gasteiger partial charge on any atom is -0.496 e. The van der Waals surface area contributed by atoms with Gasteiger partial charge in [-0.3, -0.25) is 4.79 Å². The molecule has 0 spiro atoms. The topological polar surface area (TPSA) is 38.3 Å². The molecule has 0 saturated carbocycles. The Hall–Kier alpha value is -2.29. The number of ketones is 1. The third kappa shape index (κ3) is 2.08. The number of hydrogen-bond acceptors (Lipinski definition) is 3. The van der Waals surface area contributed by atoms with E-state index < -0.39 is 0 Å². The number of carbonyl (C=O) groups is 1. The number of methoxy groups -OCH3 is 1. The predicted molar refractivity (Wildman–Crippen MR) is 74.9 cm³/mol. The second-order valence-electron chi connectivity index (χ2n) is 4.62. The predicted octanol–water partition coefficient (Wildman–Crippen LogP) is 2.91. The molecule has 3 heteroatoms. The van der Waals surface area contributed by atoms with Crippen LogP contribution in [-0.4, -0.2) is 18.9 Å². The zero-order valence-electron chi connectivity index (χ0n) is 10.7. The Kier molecular flexibility index (Phi) is 2.95. The zero-order chi connectivity index (χ0) is 13.2. The third-order valence-electron chi connectivity index (χ3n) is 3.46. The Morgan fingerprint density at radius 3 is 2.68 bits per heavy atom. The number of fused-ring (bicyclic) bond motifs is 1. The molecular weight excluding hydrogens is 238 g/mol. The van der Waals surface area contributed by atoms with Crippen molar-refractivity contribution in [3.8, 4) is 5.75 Å². The fourth-order valence-electron chi connectivity index (χ4n) is 2.49. The van der Waals surface area contributed by atoms with Crippen LogP contribution in [0.5, 0.6) is 5.75 Å². The van der Waals surface area contributed by atoms with Crippen molar-refractivity contribution in [2.45, 2.75) is 12.5 Å². The van der Waals surface area contributed by atoms with Gasteiger partial charge in [-0.05, 0) is 23.8 Å². The second kappa shape index (κ2) is 4.76. The van der Waals surface area contributed by atoms with E-state index in [4.69, 9.17) is 4.74 Å². The summed E-state index contributed by atoms with van der Waals surface area (Å²) in [5.41, 5.74) is 2.88. The molecule has 1 aliphatic heterocycles. The molecule has 0 radical (unpaired) electrons. The fourth-order valence-corrected chi connectivity index (χ4v) is 2.49. The van der Waals surface area contributed by atoms with Crippen LogP contribution in [0.15, 0.2) is 48.5 Å². The van der Waals surface area contributed by atoms with E-state index >= 15 is 0 Å². The maximum atomic E-state index is 12.6. The summed E-state index contributed by atoms with van der Waals surface area (Å²) in [6.07, 6.45) is 0.729. The summed E-state index contributed by atoms with van der Waals surface area (Å²) in [4.78, 5) is 12.6. The molecule has 0 aliphatic carbocycles. The maximum absolute atomic E-state index is 12.6. The van der Waals surface area contributed by atoms with Gasteiger partial charge in [0, 0.05) is 12.1 Å². The van der Waals surface area contributed by atoms with Crippen molar-refractivity contribution in [2.75, 3.05) is 12.4 Å². The molecule has 1 unspecified atom stereocenters. The first-order chi connectivity index (χ1) is 9.29.